The van der Waals surface area contributed by atoms with Crippen LogP contribution in [-0.2, 0) is 4.79 Å². The zero-order valence-corrected chi connectivity index (χ0v) is 10.3. The minimum atomic E-state index is -0.0898. The summed E-state index contributed by atoms with van der Waals surface area (Å²) in [5, 5.41) is 3.03. The third kappa shape index (κ3) is 2.94. The van der Waals surface area contributed by atoms with E-state index in [1.807, 2.05) is 13.8 Å². The molecule has 3 nitrogen and oxygen atoms in total. The fraction of sp³-hybridized carbons (Fsp3) is 0.917. The van der Waals surface area contributed by atoms with Gasteiger partial charge in [-0.3, -0.25) is 4.79 Å². The maximum Gasteiger partial charge on any atom is 0.224 e. The molecule has 88 valence electrons. The zero-order chi connectivity index (χ0) is 11.6. The third-order valence-electron chi connectivity index (χ3n) is 3.93. The van der Waals surface area contributed by atoms with Crippen molar-refractivity contribution in [2.45, 2.75) is 46.6 Å². The predicted molar refractivity (Wildman–Crippen MR) is 62.3 cm³/mol. The van der Waals surface area contributed by atoms with E-state index in [0.29, 0.717) is 11.3 Å². The van der Waals surface area contributed by atoms with E-state index < -0.39 is 0 Å². The Morgan fingerprint density at radius 3 is 2.20 bits per heavy atom. The predicted octanol–water partition coefficient (Wildman–Crippen LogP) is 1.52. The van der Waals surface area contributed by atoms with Crippen LogP contribution >= 0.6 is 0 Å². The van der Waals surface area contributed by atoms with E-state index in [1.165, 1.54) is 12.8 Å². The van der Waals surface area contributed by atoms with Crippen molar-refractivity contribution >= 4 is 5.91 Å². The number of nitrogens with two attached hydrogens (primary N) is 1. The molecule has 1 aliphatic rings. The number of hydrogen-bond donors (Lipinski definition) is 2. The SMILES string of the molecule is CC(N)C(C)C(=O)NCC1(C(C)C)CC1. The van der Waals surface area contributed by atoms with Crippen LogP contribution in [0.25, 0.3) is 0 Å². The number of carbonyl (C=O) groups is 1. The molecule has 2 unspecified atom stereocenters. The number of carbonyl (C=O) groups excluding carboxylic acids is 1. The zero-order valence-electron chi connectivity index (χ0n) is 10.3. The van der Waals surface area contributed by atoms with Gasteiger partial charge < -0.3 is 11.1 Å². The van der Waals surface area contributed by atoms with Crippen LogP contribution in [0.3, 0.4) is 0 Å². The lowest BCUT2D eigenvalue weighted by atomic mass is 9.92. The van der Waals surface area contributed by atoms with Crippen LogP contribution in [0.5, 0.6) is 0 Å². The molecule has 0 radical (unpaired) electrons. The monoisotopic (exact) mass is 212 g/mol. The second-order valence-electron chi connectivity index (χ2n) is 5.38. The Morgan fingerprint density at radius 2 is 1.87 bits per heavy atom. The third-order valence-corrected chi connectivity index (χ3v) is 3.93. The van der Waals surface area contributed by atoms with Crippen LogP contribution in [0, 0.1) is 17.3 Å². The van der Waals surface area contributed by atoms with Gasteiger partial charge in [-0.25, -0.2) is 0 Å². The standard InChI is InChI=1S/C12H24N2O/c1-8(2)12(5-6-12)7-14-11(15)9(3)10(4)13/h8-10H,5-7,13H2,1-4H3,(H,14,15). The van der Waals surface area contributed by atoms with E-state index in [9.17, 15) is 4.79 Å². The van der Waals surface area contributed by atoms with Crippen molar-refractivity contribution in [1.29, 1.82) is 0 Å². The molecule has 0 bridgehead atoms. The summed E-state index contributed by atoms with van der Waals surface area (Å²) < 4.78 is 0. The van der Waals surface area contributed by atoms with Gasteiger partial charge in [-0.15, -0.1) is 0 Å². The molecular formula is C12H24N2O. The highest BCUT2D eigenvalue weighted by Crippen LogP contribution is 2.51. The van der Waals surface area contributed by atoms with Crippen LogP contribution in [-0.4, -0.2) is 18.5 Å². The van der Waals surface area contributed by atoms with Gasteiger partial charge in [0, 0.05) is 18.5 Å². The van der Waals surface area contributed by atoms with Gasteiger partial charge in [0.25, 0.3) is 0 Å². The average Bonchev–Trinajstić information content (AvgIpc) is 2.93. The first-order valence-corrected chi connectivity index (χ1v) is 5.92. The molecule has 1 amide bonds. The average molecular weight is 212 g/mol. The molecule has 3 N–H and O–H groups in total. The van der Waals surface area contributed by atoms with Crippen molar-refractivity contribution in [1.82, 2.24) is 5.32 Å². The molecule has 2 atom stereocenters. The first kappa shape index (κ1) is 12.5. The largest absolute Gasteiger partial charge is 0.355 e. The maximum absolute atomic E-state index is 11.7. The minimum Gasteiger partial charge on any atom is -0.355 e. The van der Waals surface area contributed by atoms with E-state index in [0.717, 1.165) is 6.54 Å². The number of hydrogen-bond acceptors (Lipinski definition) is 2. The fourth-order valence-corrected chi connectivity index (χ4v) is 1.78. The molecule has 15 heavy (non-hydrogen) atoms. The molecule has 1 fully saturated rings. The first-order valence-electron chi connectivity index (χ1n) is 5.92. The molecule has 1 saturated carbocycles. The normalized spacial score (nSPS) is 22.3. The molecule has 0 aliphatic heterocycles. The van der Waals surface area contributed by atoms with Crippen LogP contribution in [0.15, 0.2) is 0 Å². The first-order chi connectivity index (χ1) is 6.89. The molecule has 3 heteroatoms. The topological polar surface area (TPSA) is 55.1 Å². The van der Waals surface area contributed by atoms with Gasteiger partial charge in [0.2, 0.25) is 5.91 Å². The van der Waals surface area contributed by atoms with Crippen molar-refractivity contribution in [3.05, 3.63) is 0 Å². The van der Waals surface area contributed by atoms with Crippen molar-refractivity contribution in [3.8, 4) is 0 Å². The number of amides is 1. The summed E-state index contributed by atoms with van der Waals surface area (Å²) in [6.45, 7) is 9.04. The highest BCUT2D eigenvalue weighted by molar-refractivity contribution is 5.79. The van der Waals surface area contributed by atoms with E-state index in [-0.39, 0.29) is 17.9 Å². The molecule has 0 aromatic rings. The van der Waals surface area contributed by atoms with Gasteiger partial charge in [-0.1, -0.05) is 20.8 Å². The second-order valence-corrected chi connectivity index (χ2v) is 5.38. The fourth-order valence-electron chi connectivity index (χ4n) is 1.78. The Hall–Kier alpha value is -0.570. The van der Waals surface area contributed by atoms with Crippen LogP contribution in [0.4, 0.5) is 0 Å². The van der Waals surface area contributed by atoms with E-state index in [1.54, 1.807) is 0 Å². The lowest BCUT2D eigenvalue weighted by Gasteiger charge is -2.22. The van der Waals surface area contributed by atoms with E-state index >= 15 is 0 Å². The summed E-state index contributed by atoms with van der Waals surface area (Å²) in [6.07, 6.45) is 2.50. The second kappa shape index (κ2) is 4.52. The molecule has 0 heterocycles. The Kier molecular flexibility index (Phi) is 3.77. The van der Waals surface area contributed by atoms with Crippen molar-refractivity contribution in [3.63, 3.8) is 0 Å². The van der Waals surface area contributed by atoms with E-state index in [2.05, 4.69) is 19.2 Å². The summed E-state index contributed by atoms with van der Waals surface area (Å²) in [5.74, 6) is 0.660. The van der Waals surface area contributed by atoms with Gasteiger partial charge in [0.1, 0.15) is 0 Å². The molecule has 0 aromatic heterocycles. The maximum atomic E-state index is 11.7. The van der Waals surface area contributed by atoms with Gasteiger partial charge in [-0.05, 0) is 31.1 Å². The Balaban J connectivity index is 2.35. The highest BCUT2D eigenvalue weighted by atomic mass is 16.1. The van der Waals surface area contributed by atoms with Crippen LogP contribution in [0.1, 0.15) is 40.5 Å². The number of rotatable bonds is 5. The minimum absolute atomic E-state index is 0.0702. The Labute approximate surface area is 92.8 Å². The molecule has 1 aliphatic carbocycles. The smallest absolute Gasteiger partial charge is 0.224 e. The van der Waals surface area contributed by atoms with Gasteiger partial charge in [0.05, 0.1) is 0 Å². The lowest BCUT2D eigenvalue weighted by Crippen LogP contribution is -2.41. The van der Waals surface area contributed by atoms with Gasteiger partial charge in [0.15, 0.2) is 0 Å². The Bertz CT molecular complexity index is 232. The van der Waals surface area contributed by atoms with Crippen LogP contribution in [0.2, 0.25) is 0 Å². The Morgan fingerprint density at radius 1 is 1.33 bits per heavy atom. The molecule has 0 spiro atoms. The summed E-state index contributed by atoms with van der Waals surface area (Å²) in [7, 11) is 0. The molecule has 1 rings (SSSR count). The summed E-state index contributed by atoms with van der Waals surface area (Å²) in [5.41, 5.74) is 6.07. The summed E-state index contributed by atoms with van der Waals surface area (Å²) >= 11 is 0. The van der Waals surface area contributed by atoms with Crippen molar-refractivity contribution in [2.24, 2.45) is 23.0 Å². The lowest BCUT2D eigenvalue weighted by molar-refractivity contribution is -0.125. The molecule has 0 aromatic carbocycles. The summed E-state index contributed by atoms with van der Waals surface area (Å²) in [6, 6.07) is -0.0702. The molecule has 0 saturated heterocycles. The highest BCUT2D eigenvalue weighted by Gasteiger charge is 2.45. The molecular weight excluding hydrogens is 188 g/mol. The van der Waals surface area contributed by atoms with E-state index in [4.69, 9.17) is 5.73 Å². The van der Waals surface area contributed by atoms with Gasteiger partial charge in [-0.2, -0.15) is 0 Å². The number of nitrogens with one attached hydrogen (secondary N) is 1. The quantitative estimate of drug-likeness (QED) is 0.726. The van der Waals surface area contributed by atoms with Gasteiger partial charge >= 0.3 is 0 Å². The van der Waals surface area contributed by atoms with Crippen molar-refractivity contribution in [2.75, 3.05) is 6.54 Å². The summed E-state index contributed by atoms with van der Waals surface area (Å²) in [4.78, 5) is 11.7. The van der Waals surface area contributed by atoms with Crippen molar-refractivity contribution < 1.29 is 4.79 Å². The van der Waals surface area contributed by atoms with Crippen LogP contribution < -0.4 is 11.1 Å².